The monoisotopic (exact) mass is 256 g/mol. The van der Waals surface area contributed by atoms with Gasteiger partial charge in [0.25, 0.3) is 0 Å². The Morgan fingerprint density at radius 3 is 2.33 bits per heavy atom. The van der Waals surface area contributed by atoms with E-state index >= 15 is 0 Å². The van der Waals surface area contributed by atoms with Gasteiger partial charge in [0.2, 0.25) is 5.91 Å². The van der Waals surface area contributed by atoms with Crippen molar-refractivity contribution >= 4 is 11.9 Å². The van der Waals surface area contributed by atoms with Gasteiger partial charge in [0.15, 0.2) is 0 Å². The standard InChI is InChI=1S/C13H24N2O3/c14-10-13(7-5-8-13)12(18)15-9-4-2-1-3-6-11(16)17/h1-10,14H2,(H,15,18)(H,16,17). The number of amides is 1. The number of aliphatic carboxylic acids is 1. The summed E-state index contributed by atoms with van der Waals surface area (Å²) >= 11 is 0. The molecule has 0 spiro atoms. The van der Waals surface area contributed by atoms with E-state index in [1.54, 1.807) is 0 Å². The molecular formula is C13H24N2O3. The molecule has 18 heavy (non-hydrogen) atoms. The fraction of sp³-hybridized carbons (Fsp3) is 0.846. The van der Waals surface area contributed by atoms with Crippen LogP contribution in [0.1, 0.15) is 51.4 Å². The van der Waals surface area contributed by atoms with Crippen molar-refractivity contribution < 1.29 is 14.7 Å². The lowest BCUT2D eigenvalue weighted by molar-refractivity contribution is -0.137. The van der Waals surface area contributed by atoms with E-state index < -0.39 is 5.97 Å². The van der Waals surface area contributed by atoms with Crippen molar-refractivity contribution in [2.75, 3.05) is 13.1 Å². The quantitative estimate of drug-likeness (QED) is 0.542. The summed E-state index contributed by atoms with van der Waals surface area (Å²) in [5, 5.41) is 11.4. The van der Waals surface area contributed by atoms with E-state index in [0.29, 0.717) is 13.1 Å². The van der Waals surface area contributed by atoms with E-state index in [1.807, 2.05) is 0 Å². The molecular weight excluding hydrogens is 232 g/mol. The van der Waals surface area contributed by atoms with Crippen molar-refractivity contribution in [1.82, 2.24) is 5.32 Å². The Hall–Kier alpha value is -1.10. The molecule has 1 fully saturated rings. The van der Waals surface area contributed by atoms with Crippen molar-refractivity contribution in [3.8, 4) is 0 Å². The van der Waals surface area contributed by atoms with Crippen LogP contribution in [0, 0.1) is 5.41 Å². The number of carbonyl (C=O) groups is 2. The molecule has 104 valence electrons. The third-order valence-electron chi connectivity index (χ3n) is 3.79. The molecule has 0 saturated heterocycles. The lowest BCUT2D eigenvalue weighted by atomic mass is 9.68. The third kappa shape index (κ3) is 4.29. The average molecular weight is 256 g/mol. The van der Waals surface area contributed by atoms with Crippen LogP contribution in [0.3, 0.4) is 0 Å². The van der Waals surface area contributed by atoms with Crippen molar-refractivity contribution in [3.63, 3.8) is 0 Å². The van der Waals surface area contributed by atoms with Crippen LogP contribution in [-0.4, -0.2) is 30.1 Å². The summed E-state index contributed by atoms with van der Waals surface area (Å²) in [6, 6.07) is 0. The predicted molar refractivity (Wildman–Crippen MR) is 69.1 cm³/mol. The fourth-order valence-electron chi connectivity index (χ4n) is 2.27. The normalized spacial score (nSPS) is 16.9. The summed E-state index contributed by atoms with van der Waals surface area (Å²) in [7, 11) is 0. The molecule has 1 rings (SSSR count). The smallest absolute Gasteiger partial charge is 0.303 e. The second-order valence-electron chi connectivity index (χ2n) is 5.15. The summed E-state index contributed by atoms with van der Waals surface area (Å²) in [5.74, 6) is -0.639. The molecule has 0 heterocycles. The Balaban J connectivity index is 2.01. The van der Waals surface area contributed by atoms with Gasteiger partial charge in [-0.25, -0.2) is 0 Å². The van der Waals surface area contributed by atoms with E-state index in [9.17, 15) is 9.59 Å². The highest BCUT2D eigenvalue weighted by Crippen LogP contribution is 2.39. The van der Waals surface area contributed by atoms with Crippen molar-refractivity contribution in [1.29, 1.82) is 0 Å². The molecule has 0 aromatic heterocycles. The predicted octanol–water partition coefficient (Wildman–Crippen LogP) is 1.27. The van der Waals surface area contributed by atoms with Crippen LogP contribution in [0.2, 0.25) is 0 Å². The van der Waals surface area contributed by atoms with E-state index in [0.717, 1.165) is 44.9 Å². The van der Waals surface area contributed by atoms with Gasteiger partial charge in [-0.15, -0.1) is 0 Å². The Bertz CT molecular complexity index is 282. The van der Waals surface area contributed by atoms with Crippen LogP contribution in [-0.2, 0) is 9.59 Å². The number of hydrogen-bond acceptors (Lipinski definition) is 3. The van der Waals surface area contributed by atoms with Gasteiger partial charge in [-0.1, -0.05) is 19.3 Å². The highest BCUT2D eigenvalue weighted by atomic mass is 16.4. The second-order valence-corrected chi connectivity index (χ2v) is 5.15. The molecule has 1 aliphatic rings. The molecule has 0 aromatic rings. The topological polar surface area (TPSA) is 92.4 Å². The zero-order valence-corrected chi connectivity index (χ0v) is 10.9. The van der Waals surface area contributed by atoms with Crippen molar-refractivity contribution in [2.24, 2.45) is 11.1 Å². The van der Waals surface area contributed by atoms with Crippen LogP contribution in [0.5, 0.6) is 0 Å². The zero-order chi connectivity index (χ0) is 13.4. The zero-order valence-electron chi connectivity index (χ0n) is 10.9. The molecule has 0 aliphatic heterocycles. The van der Waals surface area contributed by atoms with E-state index in [2.05, 4.69) is 5.32 Å². The molecule has 5 heteroatoms. The van der Waals surface area contributed by atoms with Gasteiger partial charge in [-0.05, 0) is 25.7 Å². The molecule has 5 nitrogen and oxygen atoms in total. The third-order valence-corrected chi connectivity index (χ3v) is 3.79. The maximum Gasteiger partial charge on any atom is 0.303 e. The summed E-state index contributed by atoms with van der Waals surface area (Å²) in [6.07, 6.45) is 6.65. The number of unbranched alkanes of at least 4 members (excludes halogenated alkanes) is 3. The van der Waals surface area contributed by atoms with Crippen LogP contribution in [0.4, 0.5) is 0 Å². The maximum absolute atomic E-state index is 11.9. The van der Waals surface area contributed by atoms with Crippen LogP contribution in [0.15, 0.2) is 0 Å². The first-order chi connectivity index (χ1) is 8.60. The molecule has 0 unspecified atom stereocenters. The molecule has 1 saturated carbocycles. The molecule has 0 bridgehead atoms. The van der Waals surface area contributed by atoms with Gasteiger partial charge in [-0.3, -0.25) is 9.59 Å². The lowest BCUT2D eigenvalue weighted by Crippen LogP contribution is -2.50. The fourth-order valence-corrected chi connectivity index (χ4v) is 2.27. The van der Waals surface area contributed by atoms with E-state index in [4.69, 9.17) is 10.8 Å². The van der Waals surface area contributed by atoms with Gasteiger partial charge in [0.1, 0.15) is 0 Å². The van der Waals surface area contributed by atoms with Gasteiger partial charge < -0.3 is 16.2 Å². The Morgan fingerprint density at radius 1 is 1.17 bits per heavy atom. The Morgan fingerprint density at radius 2 is 1.83 bits per heavy atom. The minimum atomic E-state index is -0.738. The highest BCUT2D eigenvalue weighted by molar-refractivity contribution is 5.83. The molecule has 1 aliphatic carbocycles. The van der Waals surface area contributed by atoms with Crippen LogP contribution >= 0.6 is 0 Å². The van der Waals surface area contributed by atoms with Gasteiger partial charge in [0.05, 0.1) is 5.41 Å². The number of nitrogens with two attached hydrogens (primary N) is 1. The first kappa shape index (κ1) is 15.0. The summed E-state index contributed by atoms with van der Waals surface area (Å²) in [6.45, 7) is 1.12. The minimum absolute atomic E-state index is 0.0989. The number of carbonyl (C=O) groups excluding carboxylic acids is 1. The van der Waals surface area contributed by atoms with Crippen molar-refractivity contribution in [2.45, 2.75) is 51.4 Å². The Labute approximate surface area is 108 Å². The van der Waals surface area contributed by atoms with Crippen LogP contribution < -0.4 is 11.1 Å². The van der Waals surface area contributed by atoms with Gasteiger partial charge in [0, 0.05) is 19.5 Å². The van der Waals surface area contributed by atoms with Crippen molar-refractivity contribution in [3.05, 3.63) is 0 Å². The molecule has 1 amide bonds. The van der Waals surface area contributed by atoms with Gasteiger partial charge >= 0.3 is 5.97 Å². The lowest BCUT2D eigenvalue weighted by Gasteiger charge is -2.39. The van der Waals surface area contributed by atoms with Gasteiger partial charge in [-0.2, -0.15) is 0 Å². The number of carboxylic acids is 1. The van der Waals surface area contributed by atoms with E-state index in [1.165, 1.54) is 0 Å². The molecule has 0 radical (unpaired) electrons. The summed E-state index contributed by atoms with van der Waals surface area (Å²) in [5.41, 5.74) is 5.36. The Kier molecular flexibility index (Phi) is 6.12. The maximum atomic E-state index is 11.9. The largest absolute Gasteiger partial charge is 0.481 e. The number of nitrogens with one attached hydrogen (secondary N) is 1. The second kappa shape index (κ2) is 7.36. The first-order valence-electron chi connectivity index (χ1n) is 6.81. The molecule has 0 aromatic carbocycles. The molecule has 4 N–H and O–H groups in total. The van der Waals surface area contributed by atoms with E-state index in [-0.39, 0.29) is 17.7 Å². The summed E-state index contributed by atoms with van der Waals surface area (Å²) in [4.78, 5) is 22.2. The SMILES string of the molecule is NCC1(C(=O)NCCCCCCC(=O)O)CCC1. The minimum Gasteiger partial charge on any atom is -0.481 e. The average Bonchev–Trinajstić information content (AvgIpc) is 2.26. The number of hydrogen-bond donors (Lipinski definition) is 3. The summed E-state index contributed by atoms with van der Waals surface area (Å²) < 4.78 is 0. The number of rotatable bonds is 9. The molecule has 0 atom stereocenters. The van der Waals surface area contributed by atoms with Crippen LogP contribution in [0.25, 0.3) is 0 Å². The first-order valence-corrected chi connectivity index (χ1v) is 6.81. The number of carboxylic acid groups (broad SMARTS) is 1. The highest BCUT2D eigenvalue weighted by Gasteiger charge is 2.42.